The number of carboxylic acid groups (broad SMARTS) is 1. The number of hydrogen-bond donors (Lipinski definition) is 3. The first-order valence-corrected chi connectivity index (χ1v) is 6.64. The summed E-state index contributed by atoms with van der Waals surface area (Å²) in [6.07, 6.45) is -0.0325. The second-order valence-electron chi connectivity index (χ2n) is 3.50. The van der Waals surface area contributed by atoms with Crippen molar-refractivity contribution in [3.8, 4) is 0 Å². The maximum atomic E-state index is 11.9. The van der Waals surface area contributed by atoms with Gasteiger partial charge in [-0.2, -0.15) is 0 Å². The number of amides is 1. The van der Waals surface area contributed by atoms with Crippen LogP contribution in [0.2, 0.25) is 0 Å². The minimum Gasteiger partial charge on any atom is -0.480 e. The van der Waals surface area contributed by atoms with Gasteiger partial charge >= 0.3 is 5.97 Å². The minimum absolute atomic E-state index is 0.0325. The highest BCUT2D eigenvalue weighted by molar-refractivity contribution is 9.11. The number of benzene rings is 1. The van der Waals surface area contributed by atoms with Crippen molar-refractivity contribution in [1.82, 2.24) is 5.32 Å². The standard InChI is InChI=1S/C11H11Br2NO4/c12-6-1-2-7(8(13)5-6)10(16)14-9(3-4-15)11(17)18/h1-2,5,9,15H,3-4H2,(H,14,16)(H,17,18)/t9-/m0/s1. The minimum atomic E-state index is -1.18. The monoisotopic (exact) mass is 379 g/mol. The summed E-state index contributed by atoms with van der Waals surface area (Å²) in [5.41, 5.74) is 0.336. The van der Waals surface area contributed by atoms with E-state index in [4.69, 9.17) is 10.2 Å². The normalized spacial score (nSPS) is 11.9. The van der Waals surface area contributed by atoms with Gasteiger partial charge in [-0.1, -0.05) is 15.9 Å². The van der Waals surface area contributed by atoms with Crippen molar-refractivity contribution in [3.63, 3.8) is 0 Å². The number of nitrogens with one attached hydrogen (secondary N) is 1. The molecule has 0 bridgehead atoms. The SMILES string of the molecule is O=C(N[C@@H](CCO)C(=O)O)c1ccc(Br)cc1Br. The van der Waals surface area contributed by atoms with Crippen molar-refractivity contribution >= 4 is 43.7 Å². The lowest BCUT2D eigenvalue weighted by Crippen LogP contribution is -2.41. The zero-order valence-electron chi connectivity index (χ0n) is 9.19. The average molecular weight is 381 g/mol. The van der Waals surface area contributed by atoms with Crippen LogP contribution in [0.4, 0.5) is 0 Å². The third-order valence-corrected chi connectivity index (χ3v) is 3.35. The summed E-state index contributed by atoms with van der Waals surface area (Å²) in [6, 6.07) is 3.84. The van der Waals surface area contributed by atoms with Crippen LogP contribution >= 0.6 is 31.9 Å². The lowest BCUT2D eigenvalue weighted by atomic mass is 10.1. The topological polar surface area (TPSA) is 86.6 Å². The van der Waals surface area contributed by atoms with Gasteiger partial charge in [0.15, 0.2) is 0 Å². The summed E-state index contributed by atoms with van der Waals surface area (Å²) in [5.74, 6) is -1.68. The lowest BCUT2D eigenvalue weighted by Gasteiger charge is -2.14. The second kappa shape index (κ2) is 6.86. The number of carbonyl (C=O) groups excluding carboxylic acids is 1. The number of aliphatic carboxylic acids is 1. The molecule has 98 valence electrons. The summed E-state index contributed by atoms with van der Waals surface area (Å²) >= 11 is 6.48. The molecule has 0 fully saturated rings. The summed E-state index contributed by atoms with van der Waals surface area (Å²) in [4.78, 5) is 22.7. The largest absolute Gasteiger partial charge is 0.480 e. The molecular weight excluding hydrogens is 370 g/mol. The molecule has 0 spiro atoms. The summed E-state index contributed by atoms with van der Waals surface area (Å²) in [6.45, 7) is -0.307. The summed E-state index contributed by atoms with van der Waals surface area (Å²) in [7, 11) is 0. The van der Waals surface area contributed by atoms with Crippen molar-refractivity contribution < 1.29 is 19.8 Å². The lowest BCUT2D eigenvalue weighted by molar-refractivity contribution is -0.139. The Morgan fingerprint density at radius 3 is 2.50 bits per heavy atom. The van der Waals surface area contributed by atoms with Gasteiger partial charge in [0.2, 0.25) is 0 Å². The predicted octanol–water partition coefficient (Wildman–Crippen LogP) is 1.78. The number of carbonyl (C=O) groups is 2. The van der Waals surface area contributed by atoms with Gasteiger partial charge in [0.25, 0.3) is 5.91 Å². The third-order valence-electron chi connectivity index (χ3n) is 2.20. The molecule has 0 aliphatic heterocycles. The van der Waals surface area contributed by atoms with Gasteiger partial charge in [-0.3, -0.25) is 4.79 Å². The molecule has 0 saturated carbocycles. The summed E-state index contributed by atoms with van der Waals surface area (Å²) in [5, 5.41) is 19.9. The number of carboxylic acids is 1. The molecule has 1 aromatic rings. The number of rotatable bonds is 5. The second-order valence-corrected chi connectivity index (χ2v) is 5.27. The first kappa shape index (κ1) is 15.1. The van der Waals surface area contributed by atoms with E-state index in [2.05, 4.69) is 37.2 Å². The molecule has 1 rings (SSSR count). The quantitative estimate of drug-likeness (QED) is 0.726. The van der Waals surface area contributed by atoms with E-state index in [1.54, 1.807) is 18.2 Å². The van der Waals surface area contributed by atoms with Crippen molar-refractivity contribution in [3.05, 3.63) is 32.7 Å². The first-order chi connectivity index (χ1) is 8.45. The van der Waals surface area contributed by atoms with Gasteiger partial charge in [-0.25, -0.2) is 4.79 Å². The highest BCUT2D eigenvalue weighted by Crippen LogP contribution is 2.21. The fourth-order valence-corrected chi connectivity index (χ4v) is 2.52. The van der Waals surface area contributed by atoms with Crippen molar-refractivity contribution in [2.75, 3.05) is 6.61 Å². The zero-order valence-corrected chi connectivity index (χ0v) is 12.4. The molecule has 0 aliphatic rings. The Balaban J connectivity index is 2.83. The molecule has 7 heteroatoms. The van der Waals surface area contributed by atoms with Gasteiger partial charge < -0.3 is 15.5 Å². The van der Waals surface area contributed by atoms with E-state index in [0.717, 1.165) is 4.47 Å². The third kappa shape index (κ3) is 4.08. The van der Waals surface area contributed by atoms with Crippen molar-refractivity contribution in [1.29, 1.82) is 0 Å². The van der Waals surface area contributed by atoms with Crippen molar-refractivity contribution in [2.24, 2.45) is 0 Å². The van der Waals surface area contributed by atoms with Crippen molar-refractivity contribution in [2.45, 2.75) is 12.5 Å². The Bertz CT molecular complexity index is 464. The van der Waals surface area contributed by atoms with Crippen LogP contribution in [0, 0.1) is 0 Å². The van der Waals surface area contributed by atoms with E-state index in [1.807, 2.05) is 0 Å². The van der Waals surface area contributed by atoms with E-state index < -0.39 is 17.9 Å². The number of aliphatic hydroxyl groups excluding tert-OH is 1. The van der Waals surface area contributed by atoms with Crippen LogP contribution in [0.5, 0.6) is 0 Å². The number of halogens is 2. The van der Waals surface area contributed by atoms with Gasteiger partial charge in [0, 0.05) is 22.0 Å². The Kier molecular flexibility index (Phi) is 5.77. The van der Waals surface area contributed by atoms with Crippen LogP contribution in [-0.4, -0.2) is 34.7 Å². The average Bonchev–Trinajstić information content (AvgIpc) is 2.27. The maximum absolute atomic E-state index is 11.9. The smallest absolute Gasteiger partial charge is 0.326 e. The molecule has 1 aromatic carbocycles. The van der Waals surface area contributed by atoms with Gasteiger partial charge in [-0.15, -0.1) is 0 Å². The molecule has 0 radical (unpaired) electrons. The molecule has 3 N–H and O–H groups in total. The van der Waals surface area contributed by atoms with E-state index in [9.17, 15) is 9.59 Å². The Morgan fingerprint density at radius 2 is 2.00 bits per heavy atom. The Hall–Kier alpha value is -0.920. The van der Waals surface area contributed by atoms with E-state index in [-0.39, 0.29) is 13.0 Å². The Morgan fingerprint density at radius 1 is 1.33 bits per heavy atom. The molecule has 0 saturated heterocycles. The van der Waals surface area contributed by atoms with E-state index in [0.29, 0.717) is 10.0 Å². The molecule has 1 amide bonds. The first-order valence-electron chi connectivity index (χ1n) is 5.05. The predicted molar refractivity (Wildman–Crippen MR) is 72.4 cm³/mol. The van der Waals surface area contributed by atoms with E-state index in [1.165, 1.54) is 0 Å². The van der Waals surface area contributed by atoms with Crippen LogP contribution in [0.25, 0.3) is 0 Å². The van der Waals surface area contributed by atoms with Gasteiger partial charge in [0.05, 0.1) is 5.56 Å². The molecule has 0 aliphatic carbocycles. The highest BCUT2D eigenvalue weighted by Gasteiger charge is 2.21. The van der Waals surface area contributed by atoms with Crippen LogP contribution in [0.3, 0.4) is 0 Å². The van der Waals surface area contributed by atoms with Crippen LogP contribution in [0.1, 0.15) is 16.8 Å². The maximum Gasteiger partial charge on any atom is 0.326 e. The summed E-state index contributed by atoms with van der Waals surface area (Å²) < 4.78 is 1.36. The molecular formula is C11H11Br2NO4. The fraction of sp³-hybridized carbons (Fsp3) is 0.273. The van der Waals surface area contributed by atoms with E-state index >= 15 is 0 Å². The van der Waals surface area contributed by atoms with Crippen LogP contribution < -0.4 is 5.32 Å². The molecule has 18 heavy (non-hydrogen) atoms. The van der Waals surface area contributed by atoms with Crippen LogP contribution in [-0.2, 0) is 4.79 Å². The fourth-order valence-electron chi connectivity index (χ4n) is 1.30. The molecule has 1 atom stereocenters. The molecule has 0 heterocycles. The number of aliphatic hydroxyl groups is 1. The van der Waals surface area contributed by atoms with Crippen LogP contribution in [0.15, 0.2) is 27.1 Å². The van der Waals surface area contributed by atoms with Gasteiger partial charge in [0.1, 0.15) is 6.04 Å². The molecule has 0 aromatic heterocycles. The number of hydrogen-bond acceptors (Lipinski definition) is 3. The Labute approximate surface area is 120 Å². The highest BCUT2D eigenvalue weighted by atomic mass is 79.9. The van der Waals surface area contributed by atoms with Gasteiger partial charge in [-0.05, 0) is 34.1 Å². The molecule has 5 nitrogen and oxygen atoms in total. The zero-order chi connectivity index (χ0) is 13.7. The molecule has 0 unspecified atom stereocenters.